The summed E-state index contributed by atoms with van der Waals surface area (Å²) in [5.74, 6) is 0. The minimum absolute atomic E-state index is 0.160. The van der Waals surface area contributed by atoms with Crippen LogP contribution in [0, 0.1) is 13.8 Å². The van der Waals surface area contributed by atoms with Crippen molar-refractivity contribution in [1.29, 1.82) is 0 Å². The summed E-state index contributed by atoms with van der Waals surface area (Å²) in [6.07, 6.45) is -5.14. The standard InChI is InChI=1S/C19H16F3N3/c1-11-6-5-8-14-16-10-12(2)24-25(16)18(23-17(11)14)13-7-3-4-9-15(13)19(20,21)22/h3-10,18,23H,1-2H3. The number of nitrogens with one attached hydrogen (secondary N) is 1. The second-order valence-electron chi connectivity index (χ2n) is 6.24. The van der Waals surface area contributed by atoms with E-state index < -0.39 is 17.9 Å². The van der Waals surface area contributed by atoms with Crippen molar-refractivity contribution >= 4 is 5.69 Å². The summed E-state index contributed by atoms with van der Waals surface area (Å²) < 4.78 is 42.1. The van der Waals surface area contributed by atoms with Gasteiger partial charge in [0.2, 0.25) is 0 Å². The van der Waals surface area contributed by atoms with Gasteiger partial charge in [0.05, 0.1) is 17.0 Å². The van der Waals surface area contributed by atoms with Gasteiger partial charge in [0.25, 0.3) is 0 Å². The topological polar surface area (TPSA) is 29.9 Å². The van der Waals surface area contributed by atoms with Crippen molar-refractivity contribution in [1.82, 2.24) is 9.78 Å². The lowest BCUT2D eigenvalue weighted by molar-refractivity contribution is -0.138. The summed E-state index contributed by atoms with van der Waals surface area (Å²) >= 11 is 0. The number of aryl methyl sites for hydroxylation is 2. The Labute approximate surface area is 143 Å². The Morgan fingerprint density at radius 1 is 1.04 bits per heavy atom. The summed E-state index contributed by atoms with van der Waals surface area (Å²) in [6.45, 7) is 3.78. The van der Waals surface area contributed by atoms with Gasteiger partial charge < -0.3 is 5.32 Å². The number of anilines is 1. The first-order valence-electron chi connectivity index (χ1n) is 7.95. The SMILES string of the molecule is Cc1cc2n(n1)C(c1ccccc1C(F)(F)F)Nc1c(C)cccc1-2. The van der Waals surface area contributed by atoms with E-state index in [1.165, 1.54) is 12.1 Å². The van der Waals surface area contributed by atoms with Crippen LogP contribution in [0.5, 0.6) is 0 Å². The maximum atomic E-state index is 13.5. The van der Waals surface area contributed by atoms with Crippen LogP contribution in [0.15, 0.2) is 48.5 Å². The summed E-state index contributed by atoms with van der Waals surface area (Å²) in [5.41, 5.74) is 3.87. The highest BCUT2D eigenvalue weighted by molar-refractivity contribution is 5.81. The van der Waals surface area contributed by atoms with Crippen LogP contribution in [0.25, 0.3) is 11.3 Å². The van der Waals surface area contributed by atoms with Gasteiger partial charge in [-0.3, -0.25) is 0 Å². The minimum Gasteiger partial charge on any atom is -0.359 e. The molecule has 6 heteroatoms. The Kier molecular flexibility index (Phi) is 3.39. The first kappa shape index (κ1) is 15.7. The first-order chi connectivity index (χ1) is 11.9. The van der Waals surface area contributed by atoms with Gasteiger partial charge in [0, 0.05) is 16.8 Å². The molecule has 1 aromatic heterocycles. The summed E-state index contributed by atoms with van der Waals surface area (Å²) in [7, 11) is 0. The molecule has 0 spiro atoms. The van der Waals surface area contributed by atoms with E-state index in [1.54, 1.807) is 10.7 Å². The van der Waals surface area contributed by atoms with Gasteiger partial charge in [-0.05, 0) is 31.5 Å². The van der Waals surface area contributed by atoms with E-state index in [-0.39, 0.29) is 5.56 Å². The molecule has 1 aliphatic rings. The van der Waals surface area contributed by atoms with Crippen molar-refractivity contribution in [2.75, 3.05) is 5.32 Å². The number of hydrogen-bond donors (Lipinski definition) is 1. The highest BCUT2D eigenvalue weighted by Gasteiger charge is 2.37. The van der Waals surface area contributed by atoms with Crippen LogP contribution < -0.4 is 5.32 Å². The predicted molar refractivity (Wildman–Crippen MR) is 90.3 cm³/mol. The van der Waals surface area contributed by atoms with Gasteiger partial charge in [0.15, 0.2) is 0 Å². The van der Waals surface area contributed by atoms with Crippen LogP contribution in [0.3, 0.4) is 0 Å². The third-order valence-electron chi connectivity index (χ3n) is 4.49. The Bertz CT molecular complexity index is 957. The summed E-state index contributed by atoms with van der Waals surface area (Å²) in [5, 5.41) is 7.71. The molecule has 0 amide bonds. The van der Waals surface area contributed by atoms with Gasteiger partial charge >= 0.3 is 6.18 Å². The molecule has 1 unspecified atom stereocenters. The van der Waals surface area contributed by atoms with Crippen molar-refractivity contribution in [2.24, 2.45) is 0 Å². The Morgan fingerprint density at radius 2 is 1.80 bits per heavy atom. The number of alkyl halides is 3. The van der Waals surface area contributed by atoms with E-state index in [2.05, 4.69) is 10.4 Å². The molecule has 2 aromatic carbocycles. The fraction of sp³-hybridized carbons (Fsp3) is 0.211. The molecule has 1 N–H and O–H groups in total. The largest absolute Gasteiger partial charge is 0.416 e. The molecule has 1 atom stereocenters. The number of halogens is 3. The normalized spacial score (nSPS) is 16.1. The third-order valence-corrected chi connectivity index (χ3v) is 4.49. The summed E-state index contributed by atoms with van der Waals surface area (Å²) in [6, 6.07) is 13.4. The monoisotopic (exact) mass is 343 g/mol. The lowest BCUT2D eigenvalue weighted by atomic mass is 9.98. The minimum atomic E-state index is -4.42. The smallest absolute Gasteiger partial charge is 0.359 e. The molecule has 0 saturated heterocycles. The Balaban J connectivity index is 1.96. The van der Waals surface area contributed by atoms with Crippen LogP contribution >= 0.6 is 0 Å². The summed E-state index contributed by atoms with van der Waals surface area (Å²) in [4.78, 5) is 0. The predicted octanol–water partition coefficient (Wildman–Crippen LogP) is 5.16. The van der Waals surface area contributed by atoms with Crippen molar-refractivity contribution in [3.63, 3.8) is 0 Å². The lowest BCUT2D eigenvalue weighted by Gasteiger charge is -2.31. The van der Waals surface area contributed by atoms with Gasteiger partial charge in [0.1, 0.15) is 6.17 Å². The molecule has 4 rings (SSSR count). The maximum absolute atomic E-state index is 13.5. The zero-order chi connectivity index (χ0) is 17.8. The van der Waals surface area contributed by atoms with Crippen molar-refractivity contribution in [3.05, 3.63) is 70.9 Å². The maximum Gasteiger partial charge on any atom is 0.416 e. The number of hydrogen-bond acceptors (Lipinski definition) is 2. The molecule has 2 heterocycles. The van der Waals surface area contributed by atoms with Crippen LogP contribution in [0.1, 0.15) is 28.6 Å². The number of nitrogens with zero attached hydrogens (tertiary/aromatic N) is 2. The van der Waals surface area contributed by atoms with Crippen molar-refractivity contribution < 1.29 is 13.2 Å². The molecule has 3 nitrogen and oxygen atoms in total. The van der Waals surface area contributed by atoms with E-state index in [1.807, 2.05) is 38.1 Å². The fourth-order valence-electron chi connectivity index (χ4n) is 3.39. The molecule has 128 valence electrons. The van der Waals surface area contributed by atoms with Crippen molar-refractivity contribution in [3.8, 4) is 11.3 Å². The van der Waals surface area contributed by atoms with Crippen LogP contribution in [0.2, 0.25) is 0 Å². The molecule has 0 radical (unpaired) electrons. The molecule has 0 saturated carbocycles. The number of para-hydroxylation sites is 1. The highest BCUT2D eigenvalue weighted by Crippen LogP contribution is 2.43. The van der Waals surface area contributed by atoms with Crippen molar-refractivity contribution in [2.45, 2.75) is 26.2 Å². The molecule has 25 heavy (non-hydrogen) atoms. The average Bonchev–Trinajstić information content (AvgIpc) is 2.95. The Morgan fingerprint density at radius 3 is 2.56 bits per heavy atom. The van der Waals surface area contributed by atoms with E-state index in [9.17, 15) is 13.2 Å². The van der Waals surface area contributed by atoms with Crippen LogP contribution in [0.4, 0.5) is 18.9 Å². The molecular weight excluding hydrogens is 327 g/mol. The zero-order valence-electron chi connectivity index (χ0n) is 13.7. The fourth-order valence-corrected chi connectivity index (χ4v) is 3.39. The molecule has 0 bridgehead atoms. The van der Waals surface area contributed by atoms with E-state index in [4.69, 9.17) is 0 Å². The van der Waals surface area contributed by atoms with Gasteiger partial charge in [-0.1, -0.05) is 36.4 Å². The molecule has 3 aromatic rings. The van der Waals surface area contributed by atoms with E-state index in [0.29, 0.717) is 0 Å². The number of fused-ring (bicyclic) bond motifs is 3. The Hall–Kier alpha value is -2.76. The molecule has 0 aliphatic carbocycles. The first-order valence-corrected chi connectivity index (χ1v) is 7.95. The number of benzene rings is 2. The van der Waals surface area contributed by atoms with Gasteiger partial charge in [-0.15, -0.1) is 0 Å². The van der Waals surface area contributed by atoms with Gasteiger partial charge in [-0.25, -0.2) is 4.68 Å². The van der Waals surface area contributed by atoms with Gasteiger partial charge in [-0.2, -0.15) is 18.3 Å². The molecular formula is C19H16F3N3. The molecule has 0 fully saturated rings. The highest BCUT2D eigenvalue weighted by atomic mass is 19.4. The number of rotatable bonds is 1. The number of aromatic nitrogens is 2. The average molecular weight is 343 g/mol. The van der Waals surface area contributed by atoms with E-state index in [0.717, 1.165) is 34.3 Å². The molecule has 1 aliphatic heterocycles. The van der Waals surface area contributed by atoms with Crippen LogP contribution in [-0.4, -0.2) is 9.78 Å². The second-order valence-corrected chi connectivity index (χ2v) is 6.24. The third kappa shape index (κ3) is 2.49. The second kappa shape index (κ2) is 5.37. The quantitative estimate of drug-likeness (QED) is 0.661. The van der Waals surface area contributed by atoms with E-state index >= 15 is 0 Å². The lowest BCUT2D eigenvalue weighted by Crippen LogP contribution is -2.28. The zero-order valence-corrected chi connectivity index (χ0v) is 13.7. The van der Waals surface area contributed by atoms with Crippen LogP contribution in [-0.2, 0) is 6.18 Å².